The van der Waals surface area contributed by atoms with Crippen molar-refractivity contribution in [3.63, 3.8) is 0 Å². The normalized spacial score (nSPS) is 19.4. The quantitative estimate of drug-likeness (QED) is 0.831. The molecule has 1 aliphatic rings. The lowest BCUT2D eigenvalue weighted by atomic mass is 10.1. The molecule has 1 unspecified atom stereocenters. The van der Waals surface area contributed by atoms with Gasteiger partial charge in [0.05, 0.1) is 0 Å². The van der Waals surface area contributed by atoms with E-state index in [9.17, 15) is 14.0 Å². The lowest BCUT2D eigenvalue weighted by Gasteiger charge is -2.39. The lowest BCUT2D eigenvalue weighted by Crippen LogP contribution is -2.58. The number of carbonyl (C=O) groups is 2. The third-order valence-electron chi connectivity index (χ3n) is 3.36. The Labute approximate surface area is 116 Å². The summed E-state index contributed by atoms with van der Waals surface area (Å²) in [7, 11) is 1.44. The summed E-state index contributed by atoms with van der Waals surface area (Å²) in [6.07, 6.45) is 0. The van der Waals surface area contributed by atoms with E-state index in [0.717, 1.165) is 0 Å². The molecule has 1 aromatic rings. The minimum absolute atomic E-state index is 0.0441. The average Bonchev–Trinajstić information content (AvgIpc) is 2.42. The predicted molar refractivity (Wildman–Crippen MR) is 71.8 cm³/mol. The van der Waals surface area contributed by atoms with E-state index in [2.05, 4.69) is 0 Å². The molecule has 1 aliphatic heterocycles. The Kier molecular flexibility index (Phi) is 4.34. The van der Waals surface area contributed by atoms with E-state index in [4.69, 9.17) is 4.74 Å². The van der Waals surface area contributed by atoms with Gasteiger partial charge in [0, 0.05) is 25.9 Å². The number of nitrogens with zero attached hydrogens (tertiary/aromatic N) is 2. The van der Waals surface area contributed by atoms with Crippen molar-refractivity contribution in [1.82, 2.24) is 4.90 Å². The van der Waals surface area contributed by atoms with Crippen molar-refractivity contribution in [3.8, 4) is 0 Å². The van der Waals surface area contributed by atoms with Gasteiger partial charge in [0.25, 0.3) is 0 Å². The molecule has 0 bridgehead atoms. The molecular formula is C14H17FN2O3. The monoisotopic (exact) mass is 280 g/mol. The highest BCUT2D eigenvalue weighted by atomic mass is 19.1. The van der Waals surface area contributed by atoms with Gasteiger partial charge in [0.2, 0.25) is 11.8 Å². The van der Waals surface area contributed by atoms with Crippen LogP contribution < -0.4 is 4.90 Å². The Bertz CT molecular complexity index is 521. The Morgan fingerprint density at radius 3 is 2.85 bits per heavy atom. The van der Waals surface area contributed by atoms with E-state index in [1.807, 2.05) is 0 Å². The fourth-order valence-electron chi connectivity index (χ4n) is 2.32. The highest BCUT2D eigenvalue weighted by molar-refractivity contribution is 6.00. The van der Waals surface area contributed by atoms with Crippen LogP contribution in [-0.4, -0.2) is 49.6 Å². The molecule has 108 valence electrons. The Morgan fingerprint density at radius 1 is 1.45 bits per heavy atom. The molecule has 2 amide bonds. The minimum Gasteiger partial charge on any atom is -0.375 e. The second-order valence-corrected chi connectivity index (χ2v) is 4.67. The number of amides is 2. The minimum atomic E-state index is -0.574. The van der Waals surface area contributed by atoms with Gasteiger partial charge in [-0.2, -0.15) is 0 Å². The molecule has 0 aliphatic carbocycles. The van der Waals surface area contributed by atoms with Gasteiger partial charge in [0.1, 0.15) is 18.5 Å². The number of hydrogen-bond acceptors (Lipinski definition) is 3. The first-order valence-corrected chi connectivity index (χ1v) is 6.40. The van der Waals surface area contributed by atoms with Gasteiger partial charge in [0.15, 0.2) is 0 Å². The zero-order valence-corrected chi connectivity index (χ0v) is 11.5. The summed E-state index contributed by atoms with van der Waals surface area (Å²) in [6, 6.07) is 5.31. The van der Waals surface area contributed by atoms with Crippen LogP contribution in [0.1, 0.15) is 6.92 Å². The topological polar surface area (TPSA) is 49.9 Å². The van der Waals surface area contributed by atoms with E-state index in [1.54, 1.807) is 19.1 Å². The van der Waals surface area contributed by atoms with Crippen LogP contribution in [0.4, 0.5) is 10.1 Å². The van der Waals surface area contributed by atoms with Gasteiger partial charge in [-0.05, 0) is 25.1 Å². The standard InChI is InChI=1S/C14H17FN2O3/c1-10-14(19)17(12-5-3-4-11(15)8-12)7-6-16(10)13(18)9-20-2/h3-5,8,10H,6-7,9H2,1-2H3. The molecule has 1 heterocycles. The maximum absolute atomic E-state index is 13.2. The molecule has 0 saturated carbocycles. The number of hydrogen-bond donors (Lipinski definition) is 0. The fourth-order valence-corrected chi connectivity index (χ4v) is 2.32. The summed E-state index contributed by atoms with van der Waals surface area (Å²) in [5.74, 6) is -0.820. The van der Waals surface area contributed by atoms with Crippen molar-refractivity contribution in [2.75, 3.05) is 31.7 Å². The number of benzene rings is 1. The van der Waals surface area contributed by atoms with Crippen molar-refractivity contribution in [2.45, 2.75) is 13.0 Å². The van der Waals surface area contributed by atoms with Crippen LogP contribution >= 0.6 is 0 Å². The van der Waals surface area contributed by atoms with Crippen LogP contribution in [0.3, 0.4) is 0 Å². The van der Waals surface area contributed by atoms with Crippen molar-refractivity contribution in [1.29, 1.82) is 0 Å². The number of carbonyl (C=O) groups excluding carboxylic acids is 2. The fraction of sp³-hybridized carbons (Fsp3) is 0.429. The van der Waals surface area contributed by atoms with Crippen LogP contribution in [0.2, 0.25) is 0 Å². The van der Waals surface area contributed by atoms with Crippen LogP contribution in [0.5, 0.6) is 0 Å². The van der Waals surface area contributed by atoms with Gasteiger partial charge in [-0.1, -0.05) is 6.07 Å². The first-order valence-electron chi connectivity index (χ1n) is 6.40. The third-order valence-corrected chi connectivity index (χ3v) is 3.36. The first kappa shape index (κ1) is 14.5. The summed E-state index contributed by atoms with van der Waals surface area (Å²) in [4.78, 5) is 27.1. The summed E-state index contributed by atoms with van der Waals surface area (Å²) in [6.45, 7) is 2.38. The largest absolute Gasteiger partial charge is 0.375 e. The van der Waals surface area contributed by atoms with Crippen LogP contribution in [0.25, 0.3) is 0 Å². The molecule has 1 saturated heterocycles. The van der Waals surface area contributed by atoms with Crippen molar-refractivity contribution >= 4 is 17.5 Å². The molecule has 6 heteroatoms. The second kappa shape index (κ2) is 6.00. The molecule has 0 radical (unpaired) electrons. The molecule has 1 aromatic carbocycles. The maximum Gasteiger partial charge on any atom is 0.249 e. The van der Waals surface area contributed by atoms with Gasteiger partial charge in [-0.3, -0.25) is 9.59 Å². The van der Waals surface area contributed by atoms with Gasteiger partial charge >= 0.3 is 0 Å². The molecule has 2 rings (SSSR count). The van der Waals surface area contributed by atoms with Crippen LogP contribution in [-0.2, 0) is 14.3 Å². The van der Waals surface area contributed by atoms with E-state index in [0.29, 0.717) is 18.8 Å². The Balaban J connectivity index is 2.15. The molecule has 5 nitrogen and oxygen atoms in total. The predicted octanol–water partition coefficient (Wildman–Crippen LogP) is 1.04. The highest BCUT2D eigenvalue weighted by Gasteiger charge is 2.34. The Hall–Kier alpha value is -1.95. The van der Waals surface area contributed by atoms with Crippen LogP contribution in [0.15, 0.2) is 24.3 Å². The molecule has 0 aromatic heterocycles. The summed E-state index contributed by atoms with van der Waals surface area (Å²) in [5, 5.41) is 0. The molecule has 1 fully saturated rings. The Morgan fingerprint density at radius 2 is 2.20 bits per heavy atom. The van der Waals surface area contributed by atoms with Crippen molar-refractivity contribution in [3.05, 3.63) is 30.1 Å². The van der Waals surface area contributed by atoms with Crippen LogP contribution in [0, 0.1) is 5.82 Å². The summed E-state index contributed by atoms with van der Waals surface area (Å²) >= 11 is 0. The number of anilines is 1. The van der Waals surface area contributed by atoms with Crippen molar-refractivity contribution < 1.29 is 18.7 Å². The summed E-state index contributed by atoms with van der Waals surface area (Å²) in [5.41, 5.74) is 0.515. The van der Waals surface area contributed by atoms with Gasteiger partial charge in [-0.15, -0.1) is 0 Å². The number of rotatable bonds is 3. The number of halogens is 1. The lowest BCUT2D eigenvalue weighted by molar-refractivity contribution is -0.143. The average molecular weight is 280 g/mol. The number of methoxy groups -OCH3 is 1. The second-order valence-electron chi connectivity index (χ2n) is 4.67. The summed E-state index contributed by atoms with van der Waals surface area (Å²) < 4.78 is 18.0. The van der Waals surface area contributed by atoms with Gasteiger partial charge < -0.3 is 14.5 Å². The van der Waals surface area contributed by atoms with E-state index >= 15 is 0 Å². The molecule has 20 heavy (non-hydrogen) atoms. The molecule has 0 N–H and O–H groups in total. The SMILES string of the molecule is COCC(=O)N1CCN(c2cccc(F)c2)C(=O)C1C. The highest BCUT2D eigenvalue weighted by Crippen LogP contribution is 2.21. The smallest absolute Gasteiger partial charge is 0.249 e. The molecule has 0 spiro atoms. The zero-order chi connectivity index (χ0) is 14.7. The van der Waals surface area contributed by atoms with Crippen molar-refractivity contribution in [2.24, 2.45) is 0 Å². The molecule has 1 atom stereocenters. The van der Waals surface area contributed by atoms with E-state index in [-0.39, 0.29) is 24.2 Å². The number of piperazine rings is 1. The first-order chi connectivity index (χ1) is 9.54. The van der Waals surface area contributed by atoms with E-state index in [1.165, 1.54) is 29.0 Å². The molecular weight excluding hydrogens is 263 g/mol. The zero-order valence-electron chi connectivity index (χ0n) is 11.5. The maximum atomic E-state index is 13.2. The number of ether oxygens (including phenoxy) is 1. The third kappa shape index (κ3) is 2.80. The van der Waals surface area contributed by atoms with Gasteiger partial charge in [-0.25, -0.2) is 4.39 Å². The van der Waals surface area contributed by atoms with E-state index < -0.39 is 6.04 Å².